The number of nitro benzene ring substituents is 1. The number of ether oxygens (including phenoxy) is 2. The molecule has 1 aliphatic rings. The zero-order chi connectivity index (χ0) is 22.4. The number of non-ortho nitro benzene ring substituents is 1. The van der Waals surface area contributed by atoms with Crippen molar-refractivity contribution in [1.82, 2.24) is 9.55 Å². The molecule has 1 aromatic carbocycles. The normalized spacial score (nSPS) is 20.4. The highest BCUT2D eigenvalue weighted by Crippen LogP contribution is 2.32. The van der Waals surface area contributed by atoms with E-state index in [0.717, 1.165) is 5.56 Å². The van der Waals surface area contributed by atoms with Gasteiger partial charge in [-0.1, -0.05) is 12.1 Å². The van der Waals surface area contributed by atoms with Crippen LogP contribution < -0.4 is 11.0 Å². The Hall–Kier alpha value is -3.35. The molecule has 1 aromatic heterocycles. The third-order valence-electron chi connectivity index (χ3n) is 4.92. The lowest BCUT2D eigenvalue weighted by Gasteiger charge is -2.15. The summed E-state index contributed by atoms with van der Waals surface area (Å²) in [5, 5.41) is 31.6. The van der Waals surface area contributed by atoms with Crippen molar-refractivity contribution in [2.75, 3.05) is 25.1 Å². The second-order valence-electron chi connectivity index (χ2n) is 6.93. The van der Waals surface area contributed by atoms with Crippen LogP contribution in [0.5, 0.6) is 0 Å². The van der Waals surface area contributed by atoms with Crippen LogP contribution in [0.15, 0.2) is 41.3 Å². The van der Waals surface area contributed by atoms with Gasteiger partial charge >= 0.3 is 11.8 Å². The molecule has 2 aromatic rings. The van der Waals surface area contributed by atoms with E-state index < -0.39 is 29.0 Å². The van der Waals surface area contributed by atoms with E-state index in [2.05, 4.69) is 10.3 Å². The van der Waals surface area contributed by atoms with Gasteiger partial charge in [-0.2, -0.15) is 4.98 Å². The van der Waals surface area contributed by atoms with Crippen LogP contribution in [0.2, 0.25) is 0 Å². The molecule has 31 heavy (non-hydrogen) atoms. The molecule has 0 saturated carbocycles. The summed E-state index contributed by atoms with van der Waals surface area (Å²) in [6.07, 6.45) is 0.0747. The molecule has 3 atom stereocenters. The van der Waals surface area contributed by atoms with Crippen molar-refractivity contribution in [2.45, 2.75) is 25.2 Å². The number of anilines is 1. The largest absolute Gasteiger partial charge is 0.449 e. The highest BCUT2D eigenvalue weighted by molar-refractivity contribution is 5.83. The van der Waals surface area contributed by atoms with Crippen LogP contribution in [0.3, 0.4) is 0 Å². The minimum absolute atomic E-state index is 0.00278. The third kappa shape index (κ3) is 5.63. The van der Waals surface area contributed by atoms with E-state index in [4.69, 9.17) is 9.47 Å². The topological polar surface area (TPSA) is 166 Å². The Morgan fingerprint density at radius 3 is 2.61 bits per heavy atom. The van der Waals surface area contributed by atoms with E-state index in [9.17, 15) is 29.9 Å². The fourth-order valence-corrected chi connectivity index (χ4v) is 3.23. The number of carbonyl (C=O) groups is 1. The molecule has 3 N–H and O–H groups in total. The predicted molar refractivity (Wildman–Crippen MR) is 106 cm³/mol. The summed E-state index contributed by atoms with van der Waals surface area (Å²) >= 11 is 0. The number of amides is 1. The molecule has 166 valence electrons. The molecule has 0 spiro atoms. The fraction of sp³-hybridized carbons (Fsp3) is 0.421. The lowest BCUT2D eigenvalue weighted by atomic mass is 10.0. The maximum atomic E-state index is 12.3. The SMILES string of the molecule is O=C(Nc1ccn([C@@H]2C[C@H](CO)[C@@H](CO)O2)c(=O)n1)OCCc1ccc([N+](=O)[O-])cc1. The van der Waals surface area contributed by atoms with Crippen LogP contribution in [0.1, 0.15) is 18.2 Å². The lowest BCUT2D eigenvalue weighted by molar-refractivity contribution is -0.384. The quantitative estimate of drug-likeness (QED) is 0.403. The second kappa shape index (κ2) is 10.1. The van der Waals surface area contributed by atoms with Crippen molar-refractivity contribution < 1.29 is 29.4 Å². The number of nitrogens with one attached hydrogen (secondary N) is 1. The van der Waals surface area contributed by atoms with E-state index in [1.165, 1.54) is 29.0 Å². The van der Waals surface area contributed by atoms with Gasteiger partial charge < -0.3 is 19.7 Å². The van der Waals surface area contributed by atoms with Crippen LogP contribution in [0, 0.1) is 16.0 Å². The molecular weight excluding hydrogens is 412 g/mol. The number of aromatic nitrogens is 2. The van der Waals surface area contributed by atoms with Crippen molar-refractivity contribution in [3.8, 4) is 0 Å². The maximum absolute atomic E-state index is 12.3. The molecule has 0 aliphatic carbocycles. The molecule has 1 saturated heterocycles. The molecule has 3 rings (SSSR count). The number of carbonyl (C=O) groups excluding carboxylic acids is 1. The molecule has 12 nitrogen and oxygen atoms in total. The summed E-state index contributed by atoms with van der Waals surface area (Å²) in [5.74, 6) is -0.289. The molecule has 1 fully saturated rings. The van der Waals surface area contributed by atoms with Gasteiger partial charge in [0, 0.05) is 43.7 Å². The van der Waals surface area contributed by atoms with Crippen LogP contribution in [0.25, 0.3) is 0 Å². The smallest absolute Gasteiger partial charge is 0.412 e. The minimum Gasteiger partial charge on any atom is -0.449 e. The van der Waals surface area contributed by atoms with Gasteiger partial charge in [0.25, 0.3) is 5.69 Å². The zero-order valence-corrected chi connectivity index (χ0v) is 16.4. The van der Waals surface area contributed by atoms with Crippen molar-refractivity contribution in [3.05, 3.63) is 62.7 Å². The number of aliphatic hydroxyl groups is 2. The Morgan fingerprint density at radius 1 is 1.29 bits per heavy atom. The van der Waals surface area contributed by atoms with E-state index in [0.29, 0.717) is 12.8 Å². The summed E-state index contributed by atoms with van der Waals surface area (Å²) < 4.78 is 11.8. The first-order valence-electron chi connectivity index (χ1n) is 9.54. The van der Waals surface area contributed by atoms with Gasteiger partial charge in [-0.15, -0.1) is 0 Å². The minimum atomic E-state index is -0.802. The summed E-state index contributed by atoms with van der Waals surface area (Å²) in [5.41, 5.74) is 0.0759. The standard InChI is InChI=1S/C19H22N4O8/c24-10-13-9-17(31-15(13)11-25)22-7-5-16(20-18(22)26)21-19(27)30-8-6-12-1-3-14(4-2-12)23(28)29/h1-5,7,13,15,17,24-25H,6,8-11H2,(H,20,21,26,27)/t13-,15-,17+/m1/s1. The number of rotatable bonds is 8. The predicted octanol–water partition coefficient (Wildman–Crippen LogP) is 0.831. The van der Waals surface area contributed by atoms with Crippen molar-refractivity contribution in [2.24, 2.45) is 5.92 Å². The van der Waals surface area contributed by atoms with Gasteiger partial charge in [0.05, 0.1) is 24.2 Å². The van der Waals surface area contributed by atoms with E-state index in [1.54, 1.807) is 12.1 Å². The molecule has 12 heteroatoms. The molecule has 1 aliphatic heterocycles. The van der Waals surface area contributed by atoms with Gasteiger partial charge in [-0.25, -0.2) is 9.59 Å². The third-order valence-corrected chi connectivity index (χ3v) is 4.92. The average Bonchev–Trinajstić information content (AvgIpc) is 3.17. The lowest BCUT2D eigenvalue weighted by Crippen LogP contribution is -2.28. The average molecular weight is 434 g/mol. The van der Waals surface area contributed by atoms with Gasteiger partial charge in [-0.3, -0.25) is 20.0 Å². The van der Waals surface area contributed by atoms with Gasteiger partial charge in [0.15, 0.2) is 0 Å². The first-order chi connectivity index (χ1) is 14.9. The zero-order valence-electron chi connectivity index (χ0n) is 16.4. The highest BCUT2D eigenvalue weighted by atomic mass is 16.6. The van der Waals surface area contributed by atoms with Crippen LogP contribution >= 0.6 is 0 Å². The van der Waals surface area contributed by atoms with Crippen LogP contribution in [-0.2, 0) is 15.9 Å². The number of nitro groups is 1. The van der Waals surface area contributed by atoms with Gasteiger partial charge in [0.2, 0.25) is 0 Å². The van der Waals surface area contributed by atoms with Crippen molar-refractivity contribution in [3.63, 3.8) is 0 Å². The Morgan fingerprint density at radius 2 is 2.03 bits per heavy atom. The van der Waals surface area contributed by atoms with Crippen molar-refractivity contribution >= 4 is 17.6 Å². The Bertz CT molecular complexity index is 966. The molecule has 0 unspecified atom stereocenters. The number of benzene rings is 1. The molecule has 0 bridgehead atoms. The fourth-order valence-electron chi connectivity index (χ4n) is 3.23. The Kier molecular flexibility index (Phi) is 7.28. The van der Waals surface area contributed by atoms with E-state index in [-0.39, 0.29) is 37.2 Å². The van der Waals surface area contributed by atoms with Crippen LogP contribution in [-0.4, -0.2) is 56.7 Å². The van der Waals surface area contributed by atoms with Gasteiger partial charge in [-0.05, 0) is 11.6 Å². The van der Waals surface area contributed by atoms with Crippen LogP contribution in [0.4, 0.5) is 16.3 Å². The summed E-state index contributed by atoms with van der Waals surface area (Å²) in [7, 11) is 0. The Labute approximate surface area is 176 Å². The molecular formula is C19H22N4O8. The monoisotopic (exact) mass is 434 g/mol. The van der Waals surface area contributed by atoms with E-state index >= 15 is 0 Å². The summed E-state index contributed by atoms with van der Waals surface area (Å²) in [6.45, 7) is -0.410. The molecule has 1 amide bonds. The highest BCUT2D eigenvalue weighted by Gasteiger charge is 2.35. The van der Waals surface area contributed by atoms with E-state index in [1.807, 2.05) is 0 Å². The number of nitrogens with zero attached hydrogens (tertiary/aromatic N) is 3. The summed E-state index contributed by atoms with van der Waals surface area (Å²) in [6, 6.07) is 7.30. The first kappa shape index (κ1) is 22.3. The Balaban J connectivity index is 1.51. The maximum Gasteiger partial charge on any atom is 0.412 e. The van der Waals surface area contributed by atoms with Crippen molar-refractivity contribution in [1.29, 1.82) is 0 Å². The molecule has 0 radical (unpaired) electrons. The number of hydrogen-bond donors (Lipinski definition) is 3. The molecule has 2 heterocycles. The summed E-state index contributed by atoms with van der Waals surface area (Å²) in [4.78, 5) is 38.1. The number of aliphatic hydroxyl groups excluding tert-OH is 2. The number of hydrogen-bond acceptors (Lipinski definition) is 9. The first-order valence-corrected chi connectivity index (χ1v) is 9.54. The second-order valence-corrected chi connectivity index (χ2v) is 6.93. The van der Waals surface area contributed by atoms with Gasteiger partial charge in [0.1, 0.15) is 12.0 Å².